The molecule has 2 aromatic heterocycles. The highest BCUT2D eigenvalue weighted by Crippen LogP contribution is 2.44. The Morgan fingerprint density at radius 2 is 1.60 bits per heavy atom. The summed E-state index contributed by atoms with van der Waals surface area (Å²) in [4.78, 5) is 6.89. The topological polar surface area (TPSA) is 33.1 Å². The lowest BCUT2D eigenvalue weighted by Crippen LogP contribution is -2.29. The fourth-order valence-electron chi connectivity index (χ4n) is 5.51. The minimum absolute atomic E-state index is 0.0652. The van der Waals surface area contributed by atoms with Crippen molar-refractivity contribution in [2.75, 3.05) is 4.90 Å². The normalized spacial score (nSPS) is 17.7. The van der Waals surface area contributed by atoms with Crippen molar-refractivity contribution >= 4 is 34.6 Å². The minimum atomic E-state index is -0.0893. The third kappa shape index (κ3) is 4.13. The summed E-state index contributed by atoms with van der Waals surface area (Å²) in [6.45, 7) is 10.9. The first-order valence-electron chi connectivity index (χ1n) is 11.8. The van der Waals surface area contributed by atoms with E-state index in [0.29, 0.717) is 10.1 Å². The summed E-state index contributed by atoms with van der Waals surface area (Å²) in [7, 11) is 0. The van der Waals surface area contributed by atoms with Gasteiger partial charge in [-0.3, -0.25) is 4.98 Å². The predicted octanol–water partition coefficient (Wildman–Crippen LogP) is 7.24. The molecule has 3 heterocycles. The molecule has 178 valence electrons. The highest BCUT2D eigenvalue weighted by molar-refractivity contribution is 7.80. The summed E-state index contributed by atoms with van der Waals surface area (Å²) < 4.78 is 2.39. The Kier molecular flexibility index (Phi) is 6.16. The fraction of sp³-hybridized carbons (Fsp3) is 0.241. The van der Waals surface area contributed by atoms with Gasteiger partial charge < -0.3 is 14.8 Å². The molecule has 1 aliphatic heterocycles. The van der Waals surface area contributed by atoms with Gasteiger partial charge >= 0.3 is 0 Å². The molecule has 1 fully saturated rings. The van der Waals surface area contributed by atoms with Gasteiger partial charge in [-0.1, -0.05) is 35.4 Å². The molecule has 4 nitrogen and oxygen atoms in total. The van der Waals surface area contributed by atoms with Gasteiger partial charge in [0.2, 0.25) is 0 Å². The van der Waals surface area contributed by atoms with Crippen LogP contribution in [0.1, 0.15) is 51.4 Å². The lowest BCUT2D eigenvalue weighted by atomic mass is 9.96. The third-order valence-electron chi connectivity index (χ3n) is 6.85. The van der Waals surface area contributed by atoms with Crippen molar-refractivity contribution in [1.82, 2.24) is 14.9 Å². The van der Waals surface area contributed by atoms with Crippen LogP contribution in [0.15, 0.2) is 66.9 Å². The van der Waals surface area contributed by atoms with Gasteiger partial charge in [-0.15, -0.1) is 0 Å². The number of nitrogens with zero attached hydrogens (tertiary/aromatic N) is 3. The highest BCUT2D eigenvalue weighted by Gasteiger charge is 2.42. The van der Waals surface area contributed by atoms with Crippen LogP contribution in [0.2, 0.25) is 5.02 Å². The van der Waals surface area contributed by atoms with Crippen LogP contribution in [0.5, 0.6) is 0 Å². The van der Waals surface area contributed by atoms with Gasteiger partial charge in [0.05, 0.1) is 23.5 Å². The third-order valence-corrected chi connectivity index (χ3v) is 7.42. The first-order valence-corrected chi connectivity index (χ1v) is 12.6. The zero-order valence-electron chi connectivity index (χ0n) is 20.6. The zero-order chi connectivity index (χ0) is 24.9. The first-order chi connectivity index (χ1) is 16.8. The van der Waals surface area contributed by atoms with Crippen molar-refractivity contribution in [2.45, 2.75) is 46.7 Å². The fourth-order valence-corrected chi connectivity index (χ4v) is 5.98. The van der Waals surface area contributed by atoms with Gasteiger partial charge in [0.25, 0.3) is 0 Å². The number of hydrogen-bond acceptors (Lipinski definition) is 2. The smallest absolute Gasteiger partial charge is 0.174 e. The maximum Gasteiger partial charge on any atom is 0.174 e. The summed E-state index contributed by atoms with van der Waals surface area (Å²) in [5.41, 5.74) is 10.7. The van der Waals surface area contributed by atoms with E-state index in [0.717, 1.165) is 11.4 Å². The van der Waals surface area contributed by atoms with Crippen LogP contribution < -0.4 is 10.2 Å². The molecule has 0 bridgehead atoms. The molecule has 1 aliphatic rings. The molecule has 0 spiro atoms. The second-order valence-electron chi connectivity index (χ2n) is 9.38. The second kappa shape index (κ2) is 9.14. The maximum absolute atomic E-state index is 6.21. The predicted molar refractivity (Wildman–Crippen MR) is 149 cm³/mol. The Morgan fingerprint density at radius 1 is 0.914 bits per heavy atom. The van der Waals surface area contributed by atoms with E-state index in [1.54, 1.807) is 0 Å². The van der Waals surface area contributed by atoms with Crippen LogP contribution in [0.25, 0.3) is 5.69 Å². The number of aromatic nitrogens is 2. The van der Waals surface area contributed by atoms with Gasteiger partial charge in [0, 0.05) is 28.3 Å². The van der Waals surface area contributed by atoms with Gasteiger partial charge in [0.15, 0.2) is 5.11 Å². The number of anilines is 1. The standard InChI is InChI=1S/C29H29ClN4S/c1-17-14-18(2)27(19(3)15-17)33-20(4)16-24(21(33)5)28-26(25-8-6-7-13-31-25)32-29(35)34(28)23-11-9-22(30)10-12-23/h6-16,26,28H,1-5H3,(H,32,35). The number of benzene rings is 2. The van der Waals surface area contributed by atoms with Crippen LogP contribution >= 0.6 is 23.8 Å². The number of aryl methyl sites for hydroxylation is 4. The number of rotatable bonds is 4. The number of nitrogens with one attached hydrogen (secondary N) is 1. The number of pyridine rings is 1. The van der Waals surface area contributed by atoms with E-state index < -0.39 is 0 Å². The number of hydrogen-bond donors (Lipinski definition) is 1. The van der Waals surface area contributed by atoms with E-state index in [9.17, 15) is 0 Å². The van der Waals surface area contributed by atoms with E-state index in [1.807, 2.05) is 42.6 Å². The molecular formula is C29H29ClN4S. The van der Waals surface area contributed by atoms with E-state index in [-0.39, 0.29) is 12.1 Å². The Balaban J connectivity index is 1.71. The largest absolute Gasteiger partial charge is 0.351 e. The lowest BCUT2D eigenvalue weighted by molar-refractivity contribution is 0.565. The summed E-state index contributed by atoms with van der Waals surface area (Å²) in [6.07, 6.45) is 1.84. The summed E-state index contributed by atoms with van der Waals surface area (Å²) in [5, 5.41) is 4.94. The Labute approximate surface area is 217 Å². The maximum atomic E-state index is 6.21. The summed E-state index contributed by atoms with van der Waals surface area (Å²) in [5.74, 6) is 0. The summed E-state index contributed by atoms with van der Waals surface area (Å²) in [6, 6.07) is 20.6. The summed E-state index contributed by atoms with van der Waals surface area (Å²) >= 11 is 12.1. The van der Waals surface area contributed by atoms with E-state index in [2.05, 4.69) is 73.7 Å². The highest BCUT2D eigenvalue weighted by atomic mass is 35.5. The lowest BCUT2D eigenvalue weighted by Gasteiger charge is -2.28. The van der Waals surface area contributed by atoms with Crippen molar-refractivity contribution in [3.05, 3.63) is 111 Å². The SMILES string of the molecule is Cc1cc(C)c(-n2c(C)cc(C3C(c4ccccn4)NC(=S)N3c3ccc(Cl)cc3)c2C)c(C)c1. The molecular weight excluding hydrogens is 472 g/mol. The van der Waals surface area contributed by atoms with E-state index in [4.69, 9.17) is 28.8 Å². The molecule has 0 amide bonds. The van der Waals surface area contributed by atoms with Crippen molar-refractivity contribution in [3.8, 4) is 5.69 Å². The molecule has 0 aliphatic carbocycles. The zero-order valence-corrected chi connectivity index (χ0v) is 22.2. The number of thiocarbonyl (C=S) groups is 1. The average Bonchev–Trinajstić information content (AvgIpc) is 3.30. The molecule has 0 saturated carbocycles. The number of halogens is 1. The Bertz CT molecular complexity index is 1390. The molecule has 35 heavy (non-hydrogen) atoms. The first kappa shape index (κ1) is 23.6. The Hall–Kier alpha value is -3.15. The van der Waals surface area contributed by atoms with Crippen LogP contribution in [-0.4, -0.2) is 14.7 Å². The second-order valence-corrected chi connectivity index (χ2v) is 10.2. The average molecular weight is 501 g/mol. The van der Waals surface area contributed by atoms with Gasteiger partial charge in [-0.2, -0.15) is 0 Å². The van der Waals surface area contributed by atoms with Crippen molar-refractivity contribution in [3.63, 3.8) is 0 Å². The molecule has 0 radical (unpaired) electrons. The Morgan fingerprint density at radius 3 is 2.23 bits per heavy atom. The molecule has 6 heteroatoms. The molecule has 1 saturated heterocycles. The molecule has 2 unspecified atom stereocenters. The monoisotopic (exact) mass is 500 g/mol. The van der Waals surface area contributed by atoms with Crippen LogP contribution in [0, 0.1) is 34.6 Å². The molecule has 4 aromatic rings. The molecule has 1 N–H and O–H groups in total. The van der Waals surface area contributed by atoms with Gasteiger partial charge in [-0.05, 0) is 106 Å². The minimum Gasteiger partial charge on any atom is -0.351 e. The van der Waals surface area contributed by atoms with Crippen LogP contribution in [-0.2, 0) is 0 Å². The van der Waals surface area contributed by atoms with Crippen LogP contribution in [0.4, 0.5) is 5.69 Å². The van der Waals surface area contributed by atoms with Gasteiger partial charge in [-0.25, -0.2) is 0 Å². The molecule has 5 rings (SSSR count). The van der Waals surface area contributed by atoms with Gasteiger partial charge in [0.1, 0.15) is 0 Å². The quantitative estimate of drug-likeness (QED) is 0.299. The van der Waals surface area contributed by atoms with Crippen LogP contribution in [0.3, 0.4) is 0 Å². The van der Waals surface area contributed by atoms with Crippen molar-refractivity contribution in [1.29, 1.82) is 0 Å². The van der Waals surface area contributed by atoms with Crippen molar-refractivity contribution < 1.29 is 0 Å². The molecule has 2 atom stereocenters. The van der Waals surface area contributed by atoms with E-state index >= 15 is 0 Å². The van der Waals surface area contributed by atoms with Crippen molar-refractivity contribution in [2.24, 2.45) is 0 Å². The van der Waals surface area contributed by atoms with E-state index in [1.165, 1.54) is 39.3 Å². The molecule has 2 aromatic carbocycles.